The van der Waals surface area contributed by atoms with Crippen LogP contribution >= 0.6 is 11.6 Å². The Morgan fingerprint density at radius 1 is 1.08 bits per heavy atom. The summed E-state index contributed by atoms with van der Waals surface area (Å²) in [6.45, 7) is 0.193. The third-order valence-electron chi connectivity index (χ3n) is 5.40. The fourth-order valence-corrected chi connectivity index (χ4v) is 4.29. The molecule has 1 amide bonds. The second-order valence-corrected chi connectivity index (χ2v) is 7.28. The molecule has 132 valence electrons. The quantitative estimate of drug-likeness (QED) is 0.719. The van der Waals surface area contributed by atoms with Gasteiger partial charge in [-0.2, -0.15) is 13.2 Å². The number of carbonyl (C=O) groups excluding carboxylic acids is 1. The molecule has 0 radical (unpaired) electrons. The highest BCUT2D eigenvalue weighted by Crippen LogP contribution is 2.45. The van der Waals surface area contributed by atoms with Crippen molar-refractivity contribution in [2.24, 2.45) is 0 Å². The van der Waals surface area contributed by atoms with E-state index in [4.69, 9.17) is 11.6 Å². The Morgan fingerprint density at radius 3 is 2.29 bits per heavy atom. The average molecular weight is 360 g/mol. The molecule has 3 rings (SSSR count). The van der Waals surface area contributed by atoms with Crippen LogP contribution in [-0.2, 0) is 10.2 Å². The molecular weight excluding hydrogens is 339 g/mol. The summed E-state index contributed by atoms with van der Waals surface area (Å²) in [5, 5.41) is 0.561. The second-order valence-electron chi connectivity index (χ2n) is 6.85. The Hall–Kier alpha value is -1.23. The van der Waals surface area contributed by atoms with E-state index in [-0.39, 0.29) is 18.9 Å². The van der Waals surface area contributed by atoms with Crippen molar-refractivity contribution in [1.82, 2.24) is 4.90 Å². The first-order chi connectivity index (χ1) is 11.3. The Bertz CT molecular complexity index is 593. The van der Waals surface area contributed by atoms with E-state index in [0.29, 0.717) is 30.7 Å². The van der Waals surface area contributed by atoms with Crippen molar-refractivity contribution >= 4 is 17.5 Å². The topological polar surface area (TPSA) is 20.3 Å². The third kappa shape index (κ3) is 3.15. The molecule has 0 aromatic heterocycles. The normalized spacial score (nSPS) is 24.2. The van der Waals surface area contributed by atoms with Crippen LogP contribution in [0.3, 0.4) is 0 Å². The van der Waals surface area contributed by atoms with Gasteiger partial charge < -0.3 is 4.90 Å². The predicted octanol–water partition coefficient (Wildman–Crippen LogP) is 5.10. The predicted molar refractivity (Wildman–Crippen MR) is 87.0 cm³/mol. The summed E-state index contributed by atoms with van der Waals surface area (Å²) in [6, 6.07) is 5.35. The summed E-state index contributed by atoms with van der Waals surface area (Å²) in [5.74, 6) is -0.357. The first kappa shape index (κ1) is 17.6. The van der Waals surface area contributed by atoms with Crippen LogP contribution in [-0.4, -0.2) is 29.6 Å². The number of hydrogen-bond donors (Lipinski definition) is 0. The van der Waals surface area contributed by atoms with E-state index in [1.165, 1.54) is 0 Å². The summed E-state index contributed by atoms with van der Waals surface area (Å²) in [5.41, 5.74) is -0.0354. The summed E-state index contributed by atoms with van der Waals surface area (Å²) < 4.78 is 40.2. The standard InChI is InChI=1S/C18H21ClF3NO/c19-14-8-6-13(7-9-14)17(10-2-3-11-17)16(24)23-12-4-1-5-15(23)18(20,21)22/h6-9,15H,1-5,10-12H2. The largest absolute Gasteiger partial charge is 0.408 e. The van der Waals surface area contributed by atoms with Gasteiger partial charge in [0.25, 0.3) is 0 Å². The highest BCUT2D eigenvalue weighted by molar-refractivity contribution is 6.30. The minimum absolute atomic E-state index is 0.00589. The molecule has 1 aromatic rings. The maximum atomic E-state index is 13.4. The van der Waals surface area contributed by atoms with Crippen LogP contribution in [0.4, 0.5) is 13.2 Å². The van der Waals surface area contributed by atoms with Crippen molar-refractivity contribution in [2.45, 2.75) is 62.6 Å². The molecule has 1 aromatic carbocycles. The smallest absolute Gasteiger partial charge is 0.330 e. The van der Waals surface area contributed by atoms with Gasteiger partial charge in [0.1, 0.15) is 6.04 Å². The summed E-state index contributed by atoms with van der Waals surface area (Å²) in [4.78, 5) is 14.4. The lowest BCUT2D eigenvalue weighted by Gasteiger charge is -2.42. The van der Waals surface area contributed by atoms with Crippen LogP contribution in [0.5, 0.6) is 0 Å². The molecule has 1 aliphatic carbocycles. The van der Waals surface area contributed by atoms with Crippen molar-refractivity contribution in [3.8, 4) is 0 Å². The van der Waals surface area contributed by atoms with Gasteiger partial charge in [-0.25, -0.2) is 0 Å². The maximum absolute atomic E-state index is 13.4. The van der Waals surface area contributed by atoms with E-state index < -0.39 is 17.6 Å². The van der Waals surface area contributed by atoms with E-state index in [2.05, 4.69) is 0 Å². The van der Waals surface area contributed by atoms with Gasteiger partial charge in [0.05, 0.1) is 5.41 Å². The third-order valence-corrected chi connectivity index (χ3v) is 5.66. The molecule has 1 saturated heterocycles. The van der Waals surface area contributed by atoms with Gasteiger partial charge in [-0.15, -0.1) is 0 Å². The number of likely N-dealkylation sites (tertiary alicyclic amines) is 1. The average Bonchev–Trinajstić information content (AvgIpc) is 3.05. The van der Waals surface area contributed by atoms with Gasteiger partial charge in [-0.3, -0.25) is 4.79 Å². The molecule has 2 aliphatic rings. The lowest BCUT2D eigenvalue weighted by molar-refractivity contribution is -0.198. The fraction of sp³-hybridized carbons (Fsp3) is 0.611. The first-order valence-electron chi connectivity index (χ1n) is 8.48. The molecule has 2 fully saturated rings. The van der Waals surface area contributed by atoms with E-state index in [9.17, 15) is 18.0 Å². The van der Waals surface area contributed by atoms with Crippen LogP contribution in [0.2, 0.25) is 5.02 Å². The fourth-order valence-electron chi connectivity index (χ4n) is 4.16. The van der Waals surface area contributed by atoms with E-state index >= 15 is 0 Å². The van der Waals surface area contributed by atoms with E-state index in [1.807, 2.05) is 0 Å². The van der Waals surface area contributed by atoms with Crippen LogP contribution in [0.15, 0.2) is 24.3 Å². The molecule has 6 heteroatoms. The SMILES string of the molecule is O=C(N1CCCCC1C(F)(F)F)C1(c2ccc(Cl)cc2)CCCC1. The molecule has 2 nitrogen and oxygen atoms in total. The number of halogens is 4. The molecule has 1 aliphatic heterocycles. The number of carbonyl (C=O) groups is 1. The highest BCUT2D eigenvalue weighted by atomic mass is 35.5. The van der Waals surface area contributed by atoms with Gasteiger partial charge in [0, 0.05) is 11.6 Å². The van der Waals surface area contributed by atoms with Crippen LogP contribution < -0.4 is 0 Å². The first-order valence-corrected chi connectivity index (χ1v) is 8.86. The number of rotatable bonds is 2. The van der Waals surface area contributed by atoms with Gasteiger partial charge in [-0.05, 0) is 49.8 Å². The number of alkyl halides is 3. The molecule has 24 heavy (non-hydrogen) atoms. The lowest BCUT2D eigenvalue weighted by Crippen LogP contribution is -2.56. The van der Waals surface area contributed by atoms with Crippen molar-refractivity contribution in [2.75, 3.05) is 6.54 Å². The van der Waals surface area contributed by atoms with Crippen molar-refractivity contribution in [3.05, 3.63) is 34.9 Å². The zero-order valence-corrected chi connectivity index (χ0v) is 14.2. The summed E-state index contributed by atoms with van der Waals surface area (Å²) >= 11 is 5.93. The minimum Gasteiger partial charge on any atom is -0.330 e. The molecular formula is C18H21ClF3NO. The highest BCUT2D eigenvalue weighted by Gasteiger charge is 2.52. The summed E-state index contributed by atoms with van der Waals surface area (Å²) in [6.07, 6.45) is -0.278. The molecule has 0 spiro atoms. The Kier molecular flexibility index (Phi) is 4.82. The number of piperidine rings is 1. The van der Waals surface area contributed by atoms with E-state index in [0.717, 1.165) is 23.3 Å². The van der Waals surface area contributed by atoms with Crippen LogP contribution in [0, 0.1) is 0 Å². The van der Waals surface area contributed by atoms with Crippen LogP contribution in [0.1, 0.15) is 50.5 Å². The minimum atomic E-state index is -4.37. The molecule has 0 bridgehead atoms. The molecule has 1 heterocycles. The van der Waals surface area contributed by atoms with Crippen molar-refractivity contribution < 1.29 is 18.0 Å². The van der Waals surface area contributed by atoms with Gasteiger partial charge in [0.2, 0.25) is 5.91 Å². The second kappa shape index (κ2) is 6.58. The van der Waals surface area contributed by atoms with Crippen molar-refractivity contribution in [3.63, 3.8) is 0 Å². The number of hydrogen-bond acceptors (Lipinski definition) is 1. The molecule has 1 atom stereocenters. The Labute approximate surface area is 145 Å². The zero-order valence-electron chi connectivity index (χ0n) is 13.4. The van der Waals surface area contributed by atoms with Crippen molar-refractivity contribution in [1.29, 1.82) is 0 Å². The maximum Gasteiger partial charge on any atom is 0.408 e. The Morgan fingerprint density at radius 2 is 1.71 bits per heavy atom. The lowest BCUT2D eigenvalue weighted by atomic mass is 9.76. The number of nitrogens with zero attached hydrogens (tertiary/aromatic N) is 1. The van der Waals surface area contributed by atoms with Gasteiger partial charge in [0.15, 0.2) is 0 Å². The molecule has 0 N–H and O–H groups in total. The number of amides is 1. The monoisotopic (exact) mass is 359 g/mol. The Balaban J connectivity index is 1.96. The molecule has 1 saturated carbocycles. The van der Waals surface area contributed by atoms with Crippen LogP contribution in [0.25, 0.3) is 0 Å². The van der Waals surface area contributed by atoms with Gasteiger partial charge >= 0.3 is 6.18 Å². The zero-order chi connectivity index (χ0) is 17.4. The summed E-state index contributed by atoms with van der Waals surface area (Å²) in [7, 11) is 0. The number of benzene rings is 1. The van der Waals surface area contributed by atoms with E-state index in [1.54, 1.807) is 24.3 Å². The van der Waals surface area contributed by atoms with Gasteiger partial charge in [-0.1, -0.05) is 36.6 Å². The molecule has 1 unspecified atom stereocenters.